The van der Waals surface area contributed by atoms with Gasteiger partial charge in [-0.25, -0.2) is 0 Å². The van der Waals surface area contributed by atoms with Crippen LogP contribution in [0.2, 0.25) is 0 Å². The fraction of sp³-hybridized carbons (Fsp3) is 0.143. The van der Waals surface area contributed by atoms with Crippen LogP contribution in [0.4, 0.5) is 26.3 Å². The highest BCUT2D eigenvalue weighted by atomic mass is 79.9. The van der Waals surface area contributed by atoms with Crippen LogP contribution < -0.4 is 0 Å². The van der Waals surface area contributed by atoms with Crippen molar-refractivity contribution >= 4 is 116 Å². The molecule has 0 spiro atoms. The van der Waals surface area contributed by atoms with E-state index in [9.17, 15) is 55.1 Å². The number of hydrogen-bond donors (Lipinski definition) is 0. The standard InChI is InChI=1S/C7Br2F2O2S.C7HBrF2O2S.C7H2F2O2S/c8-5-1-2(6(9)14-5)4(13)7(10,11)3(1)12;8-6-3-2(1-13-6)4(11)7(9,10)5(3)12;8-7(9)5(10)3-1-12-2-4(3)6(7)11/h;1H;1-2H. The van der Waals surface area contributed by atoms with Crippen LogP contribution in [0.3, 0.4) is 0 Å². The van der Waals surface area contributed by atoms with Crippen LogP contribution in [0.25, 0.3) is 0 Å². The van der Waals surface area contributed by atoms with Crippen molar-refractivity contribution in [3.8, 4) is 0 Å². The number of fused-ring (bicyclic) bond motifs is 3. The molecule has 3 aromatic rings. The molecule has 0 atom stereocenters. The Morgan fingerprint density at radius 2 is 0.846 bits per heavy atom. The second-order valence-corrected chi connectivity index (χ2v) is 14.2. The van der Waals surface area contributed by atoms with Crippen molar-refractivity contribution in [1.82, 2.24) is 0 Å². The predicted octanol–water partition coefficient (Wildman–Crippen LogP) is 7.57. The molecular weight excluding hydrogens is 798 g/mol. The minimum absolute atomic E-state index is 0.144. The SMILES string of the molecule is O=C1c2c(Br)sc(Br)c2C(=O)C1(F)F.O=C1c2csc(Br)c2C(=O)C1(F)F.O=C1c2cscc2C(=O)C1(F)F. The van der Waals surface area contributed by atoms with Gasteiger partial charge in [-0.3, -0.25) is 28.8 Å². The first-order valence-corrected chi connectivity index (χ1v) is 14.6. The molecule has 0 N–H and O–H groups in total. The molecule has 3 heterocycles. The zero-order chi connectivity index (χ0) is 29.4. The summed E-state index contributed by atoms with van der Waals surface area (Å²) in [4.78, 5) is 65.9. The molecule has 204 valence electrons. The molecule has 6 nitrogen and oxygen atoms in total. The molecule has 0 aromatic carbocycles. The molecule has 0 fully saturated rings. The van der Waals surface area contributed by atoms with Crippen molar-refractivity contribution in [3.63, 3.8) is 0 Å². The van der Waals surface area contributed by atoms with Gasteiger partial charge < -0.3 is 0 Å². The lowest BCUT2D eigenvalue weighted by molar-refractivity contribution is 0.0185. The number of thiophene rings is 3. The van der Waals surface area contributed by atoms with E-state index < -0.39 is 52.5 Å². The third-order valence-corrected chi connectivity index (χ3v) is 10.4. The summed E-state index contributed by atoms with van der Waals surface area (Å²) in [6, 6.07) is 0. The summed E-state index contributed by atoms with van der Waals surface area (Å²) in [5.74, 6) is -20.0. The molecular formula is C21H3Br3F6O6S3. The molecule has 3 aliphatic carbocycles. The van der Waals surface area contributed by atoms with Gasteiger partial charge in [-0.1, -0.05) is 0 Å². The number of halogens is 9. The van der Waals surface area contributed by atoms with Gasteiger partial charge in [-0.2, -0.15) is 37.7 Å². The van der Waals surface area contributed by atoms with E-state index in [4.69, 9.17) is 0 Å². The highest BCUT2D eigenvalue weighted by Gasteiger charge is 2.58. The Bertz CT molecular complexity index is 1580. The van der Waals surface area contributed by atoms with E-state index in [0.29, 0.717) is 0 Å². The van der Waals surface area contributed by atoms with Crippen molar-refractivity contribution in [2.24, 2.45) is 0 Å². The van der Waals surface area contributed by atoms with Crippen LogP contribution in [0.15, 0.2) is 27.5 Å². The minimum Gasteiger partial charge on any atom is -0.287 e. The molecule has 0 amide bonds. The van der Waals surface area contributed by atoms with Crippen LogP contribution in [-0.2, 0) is 0 Å². The van der Waals surface area contributed by atoms with Crippen LogP contribution in [0.1, 0.15) is 62.1 Å². The highest BCUT2D eigenvalue weighted by Crippen LogP contribution is 2.46. The van der Waals surface area contributed by atoms with E-state index in [1.54, 1.807) is 0 Å². The number of carbonyl (C=O) groups is 6. The van der Waals surface area contributed by atoms with E-state index >= 15 is 0 Å². The Kier molecular flexibility index (Phi) is 7.64. The van der Waals surface area contributed by atoms with Gasteiger partial charge in [0.1, 0.15) is 0 Å². The zero-order valence-electron chi connectivity index (χ0n) is 17.8. The lowest BCUT2D eigenvalue weighted by atomic mass is 10.2. The average molecular weight is 801 g/mol. The monoisotopic (exact) mass is 798 g/mol. The van der Waals surface area contributed by atoms with Crippen LogP contribution in [0, 0.1) is 0 Å². The van der Waals surface area contributed by atoms with Crippen molar-refractivity contribution in [2.75, 3.05) is 0 Å². The summed E-state index contributed by atoms with van der Waals surface area (Å²) < 4.78 is 77.7. The molecule has 3 aromatic heterocycles. The summed E-state index contributed by atoms with van der Waals surface area (Å²) in [5, 5.41) is 3.81. The maximum atomic E-state index is 13.0. The van der Waals surface area contributed by atoms with Gasteiger partial charge in [0.05, 0.1) is 28.0 Å². The van der Waals surface area contributed by atoms with Crippen LogP contribution in [0.5, 0.6) is 0 Å². The Labute approximate surface area is 248 Å². The average Bonchev–Trinajstić information content (AvgIpc) is 3.65. The summed E-state index contributed by atoms with van der Waals surface area (Å²) >= 11 is 12.1. The van der Waals surface area contributed by atoms with E-state index in [1.807, 2.05) is 0 Å². The van der Waals surface area contributed by atoms with Crippen molar-refractivity contribution in [2.45, 2.75) is 17.8 Å². The van der Waals surface area contributed by atoms with Gasteiger partial charge in [0.15, 0.2) is 0 Å². The number of rotatable bonds is 0. The minimum atomic E-state index is -3.90. The van der Waals surface area contributed by atoms with E-state index in [2.05, 4.69) is 47.8 Å². The first-order chi connectivity index (χ1) is 17.9. The summed E-state index contributed by atoms with van der Waals surface area (Å²) in [6.45, 7) is 0. The zero-order valence-corrected chi connectivity index (χ0v) is 25.0. The number of ketones is 6. The third-order valence-electron chi connectivity index (χ3n) is 5.36. The summed E-state index contributed by atoms with van der Waals surface area (Å²) in [7, 11) is 0. The number of carbonyl (C=O) groups excluding carboxylic acids is 6. The molecule has 18 heteroatoms. The van der Waals surface area contributed by atoms with E-state index in [1.165, 1.54) is 16.1 Å². The van der Waals surface area contributed by atoms with Crippen molar-refractivity contribution in [1.29, 1.82) is 0 Å². The number of alkyl halides is 6. The first-order valence-electron chi connectivity index (χ1n) is 9.61. The number of Topliss-reactive ketones (excluding diaryl/α,β-unsaturated/α-hetero) is 6. The van der Waals surface area contributed by atoms with Crippen LogP contribution in [-0.4, -0.2) is 52.5 Å². The van der Waals surface area contributed by atoms with Crippen molar-refractivity contribution < 1.29 is 55.1 Å². The predicted molar refractivity (Wildman–Crippen MR) is 137 cm³/mol. The van der Waals surface area contributed by atoms with Crippen molar-refractivity contribution in [3.05, 3.63) is 60.9 Å². The largest absolute Gasteiger partial charge is 0.371 e. The van der Waals surface area contributed by atoms with Gasteiger partial charge in [0.25, 0.3) is 0 Å². The summed E-state index contributed by atoms with van der Waals surface area (Å²) in [6.07, 6.45) is 0. The lowest BCUT2D eigenvalue weighted by Crippen LogP contribution is -2.30. The highest BCUT2D eigenvalue weighted by molar-refractivity contribution is 9.12. The number of hydrogen-bond acceptors (Lipinski definition) is 9. The van der Waals surface area contributed by atoms with Gasteiger partial charge >= 0.3 is 17.8 Å². The Morgan fingerprint density at radius 1 is 0.487 bits per heavy atom. The molecule has 3 aliphatic rings. The normalized spacial score (nSPS) is 19.3. The molecule has 0 saturated carbocycles. The van der Waals surface area contributed by atoms with Gasteiger partial charge in [0, 0.05) is 32.8 Å². The molecule has 0 unspecified atom stereocenters. The second-order valence-electron chi connectivity index (χ2n) is 7.59. The molecule has 0 bridgehead atoms. The van der Waals surface area contributed by atoms with Gasteiger partial charge in [-0.05, 0) is 47.8 Å². The molecule has 0 saturated heterocycles. The first kappa shape index (κ1) is 30.1. The fourth-order valence-electron chi connectivity index (χ4n) is 3.43. The Hall–Kier alpha value is -1.86. The molecule has 6 rings (SSSR count). The molecule has 39 heavy (non-hydrogen) atoms. The van der Waals surface area contributed by atoms with E-state index in [0.717, 1.165) is 34.0 Å². The van der Waals surface area contributed by atoms with Crippen LogP contribution >= 0.6 is 81.8 Å². The second kappa shape index (κ2) is 9.90. The quantitative estimate of drug-likeness (QED) is 0.172. The third kappa shape index (κ3) is 4.46. The Balaban J connectivity index is 0.000000136. The lowest BCUT2D eigenvalue weighted by Gasteiger charge is -2.03. The Morgan fingerprint density at radius 3 is 1.28 bits per heavy atom. The summed E-state index contributed by atoms with van der Waals surface area (Å²) in [5.41, 5.74) is -1.06. The van der Waals surface area contributed by atoms with E-state index in [-0.39, 0.29) is 44.7 Å². The maximum absolute atomic E-state index is 13.0. The topological polar surface area (TPSA) is 102 Å². The maximum Gasteiger partial charge on any atom is 0.371 e. The molecule has 0 aliphatic heterocycles. The fourth-order valence-corrected chi connectivity index (χ4v) is 8.81. The molecule has 0 radical (unpaired) electrons. The van der Waals surface area contributed by atoms with Gasteiger partial charge in [-0.15, -0.1) is 22.7 Å². The van der Waals surface area contributed by atoms with Gasteiger partial charge in [0.2, 0.25) is 34.7 Å². The smallest absolute Gasteiger partial charge is 0.287 e.